The van der Waals surface area contributed by atoms with Crippen molar-refractivity contribution in [2.24, 2.45) is 5.92 Å². The summed E-state index contributed by atoms with van der Waals surface area (Å²) in [7, 11) is 0. The van der Waals surface area contributed by atoms with Crippen molar-refractivity contribution in [2.75, 3.05) is 0 Å². The lowest BCUT2D eigenvalue weighted by Gasteiger charge is -2.17. The zero-order valence-corrected chi connectivity index (χ0v) is 14.2. The molecule has 114 valence electrons. The van der Waals surface area contributed by atoms with Crippen molar-refractivity contribution in [3.63, 3.8) is 0 Å². The fourth-order valence-electron chi connectivity index (χ4n) is 2.66. The van der Waals surface area contributed by atoms with Crippen LogP contribution in [0.1, 0.15) is 51.7 Å². The maximum Gasteiger partial charge on any atom is -0.00289 e. The Morgan fingerprint density at radius 3 is 2.33 bits per heavy atom. The van der Waals surface area contributed by atoms with Crippen molar-refractivity contribution in [3.05, 3.63) is 71.3 Å². The summed E-state index contributed by atoms with van der Waals surface area (Å²) in [6, 6.07) is 9.01. The summed E-state index contributed by atoms with van der Waals surface area (Å²) < 4.78 is 0. The van der Waals surface area contributed by atoms with Gasteiger partial charge >= 0.3 is 0 Å². The van der Waals surface area contributed by atoms with Gasteiger partial charge in [0.25, 0.3) is 0 Å². The molecule has 0 spiro atoms. The molecule has 0 nitrogen and oxygen atoms in total. The highest BCUT2D eigenvalue weighted by atomic mass is 14.1. The van der Waals surface area contributed by atoms with Crippen LogP contribution in [0.2, 0.25) is 0 Å². The first-order chi connectivity index (χ1) is 10.2. The van der Waals surface area contributed by atoms with E-state index in [9.17, 15) is 0 Å². The van der Waals surface area contributed by atoms with Gasteiger partial charge in [-0.05, 0) is 55.2 Å². The Morgan fingerprint density at radius 1 is 1.14 bits per heavy atom. The topological polar surface area (TPSA) is 0 Å². The molecule has 21 heavy (non-hydrogen) atoms. The molecule has 1 unspecified atom stereocenters. The van der Waals surface area contributed by atoms with E-state index in [0.717, 1.165) is 25.7 Å². The summed E-state index contributed by atoms with van der Waals surface area (Å²) >= 11 is 0. The predicted octanol–water partition coefficient (Wildman–Crippen LogP) is 6.29. The van der Waals surface area contributed by atoms with Gasteiger partial charge in [0, 0.05) is 0 Å². The van der Waals surface area contributed by atoms with Crippen LogP contribution in [-0.2, 0) is 12.8 Å². The Hall–Kier alpha value is -1.56. The first-order valence-electron chi connectivity index (χ1n) is 8.27. The lowest BCUT2D eigenvalue weighted by Crippen LogP contribution is -2.02. The molecule has 1 aliphatic carbocycles. The minimum atomic E-state index is 0.646. The molecule has 1 aromatic carbocycles. The van der Waals surface area contributed by atoms with Gasteiger partial charge in [-0.2, -0.15) is 0 Å². The van der Waals surface area contributed by atoms with Crippen LogP contribution in [0.3, 0.4) is 0 Å². The van der Waals surface area contributed by atoms with Gasteiger partial charge in [-0.25, -0.2) is 0 Å². The molecular weight excluding hydrogens is 252 g/mol. The quantitative estimate of drug-likeness (QED) is 0.557. The molecule has 0 fully saturated rings. The monoisotopic (exact) mass is 282 g/mol. The molecule has 0 N–H and O–H groups in total. The Balaban J connectivity index is 0.00000106. The minimum Gasteiger partial charge on any atom is -0.100 e. The third kappa shape index (κ3) is 6.16. The predicted molar refractivity (Wildman–Crippen MR) is 95.6 cm³/mol. The molecular formula is C21H30. The molecule has 1 aromatic rings. The largest absolute Gasteiger partial charge is 0.100 e. The van der Waals surface area contributed by atoms with Crippen LogP contribution in [0.4, 0.5) is 0 Å². The first-order valence-corrected chi connectivity index (χ1v) is 8.27. The van der Waals surface area contributed by atoms with E-state index in [1.54, 1.807) is 0 Å². The van der Waals surface area contributed by atoms with E-state index in [2.05, 4.69) is 62.9 Å². The van der Waals surface area contributed by atoms with E-state index in [1.807, 2.05) is 13.8 Å². The Bertz CT molecular complexity index is 485. The van der Waals surface area contributed by atoms with Crippen molar-refractivity contribution >= 4 is 0 Å². The molecule has 0 amide bonds. The number of allylic oxidation sites excluding steroid dienone is 5. The molecule has 0 aromatic heterocycles. The van der Waals surface area contributed by atoms with Gasteiger partial charge < -0.3 is 0 Å². The second-order valence-corrected chi connectivity index (χ2v) is 5.65. The number of aryl methyl sites for hydroxylation is 1. The van der Waals surface area contributed by atoms with Crippen molar-refractivity contribution in [1.29, 1.82) is 0 Å². The average molecular weight is 282 g/mol. The summed E-state index contributed by atoms with van der Waals surface area (Å²) in [5.41, 5.74) is 5.55. The minimum absolute atomic E-state index is 0.646. The highest BCUT2D eigenvalue weighted by molar-refractivity contribution is 5.33. The summed E-state index contributed by atoms with van der Waals surface area (Å²) in [5.74, 6) is 0.646. The summed E-state index contributed by atoms with van der Waals surface area (Å²) in [5, 5.41) is 0. The Morgan fingerprint density at radius 2 is 1.76 bits per heavy atom. The van der Waals surface area contributed by atoms with Crippen LogP contribution in [0.15, 0.2) is 60.2 Å². The fourth-order valence-corrected chi connectivity index (χ4v) is 2.66. The Labute approximate surface area is 131 Å². The van der Waals surface area contributed by atoms with Gasteiger partial charge in [0.05, 0.1) is 0 Å². The second-order valence-electron chi connectivity index (χ2n) is 5.65. The maximum atomic E-state index is 4.02. The first kappa shape index (κ1) is 17.5. The molecule has 0 bridgehead atoms. The molecule has 0 radical (unpaired) electrons. The van der Waals surface area contributed by atoms with Crippen LogP contribution in [0.5, 0.6) is 0 Å². The van der Waals surface area contributed by atoms with Crippen molar-refractivity contribution in [2.45, 2.75) is 53.4 Å². The zero-order chi connectivity index (χ0) is 15.7. The van der Waals surface area contributed by atoms with Crippen LogP contribution < -0.4 is 0 Å². The zero-order valence-electron chi connectivity index (χ0n) is 14.2. The molecule has 0 aliphatic heterocycles. The summed E-state index contributed by atoms with van der Waals surface area (Å²) in [6.45, 7) is 12.3. The molecule has 2 rings (SSSR count). The van der Waals surface area contributed by atoms with Crippen LogP contribution in [0, 0.1) is 5.92 Å². The standard InChI is InChI=1S/C19H24.C2H6/c1-4-16-8-10-17(11-9-16)13-19-7-5-6-18(14-19)12-15(2)3;1-2/h5,7-11,14,18H,2,4,6,12-13H2,1,3H3;1-2H3. The second kappa shape index (κ2) is 9.39. The normalized spacial score (nSPS) is 16.8. The van der Waals surface area contributed by atoms with Gasteiger partial charge in [-0.1, -0.05) is 68.8 Å². The molecule has 1 atom stereocenters. The number of hydrogen-bond donors (Lipinski definition) is 0. The molecule has 0 heteroatoms. The average Bonchev–Trinajstić information content (AvgIpc) is 2.50. The maximum absolute atomic E-state index is 4.02. The molecule has 0 saturated heterocycles. The van der Waals surface area contributed by atoms with E-state index in [-0.39, 0.29) is 0 Å². The highest BCUT2D eigenvalue weighted by Crippen LogP contribution is 2.24. The SMILES string of the molecule is C=C(C)CC1C=C(Cc2ccc(CC)cc2)C=CC1.CC. The summed E-state index contributed by atoms with van der Waals surface area (Å²) in [6.07, 6.45) is 11.5. The van der Waals surface area contributed by atoms with Gasteiger partial charge in [-0.15, -0.1) is 6.58 Å². The molecule has 1 aliphatic rings. The van der Waals surface area contributed by atoms with Gasteiger partial charge in [0.1, 0.15) is 0 Å². The van der Waals surface area contributed by atoms with Gasteiger partial charge in [0.15, 0.2) is 0 Å². The number of hydrogen-bond acceptors (Lipinski definition) is 0. The highest BCUT2D eigenvalue weighted by Gasteiger charge is 2.09. The number of rotatable bonds is 5. The third-order valence-corrected chi connectivity index (χ3v) is 3.67. The van der Waals surface area contributed by atoms with Crippen molar-refractivity contribution < 1.29 is 0 Å². The van der Waals surface area contributed by atoms with Crippen molar-refractivity contribution in [1.82, 2.24) is 0 Å². The summed E-state index contributed by atoms with van der Waals surface area (Å²) in [4.78, 5) is 0. The molecule has 0 saturated carbocycles. The van der Waals surface area contributed by atoms with E-state index in [1.165, 1.54) is 22.3 Å². The van der Waals surface area contributed by atoms with E-state index in [0.29, 0.717) is 5.92 Å². The van der Waals surface area contributed by atoms with Crippen LogP contribution in [-0.4, -0.2) is 0 Å². The molecule has 0 heterocycles. The van der Waals surface area contributed by atoms with Gasteiger partial charge in [-0.3, -0.25) is 0 Å². The van der Waals surface area contributed by atoms with E-state index in [4.69, 9.17) is 0 Å². The third-order valence-electron chi connectivity index (χ3n) is 3.67. The Kier molecular flexibility index (Phi) is 7.82. The van der Waals surface area contributed by atoms with Crippen LogP contribution >= 0.6 is 0 Å². The van der Waals surface area contributed by atoms with Gasteiger partial charge in [0.2, 0.25) is 0 Å². The van der Waals surface area contributed by atoms with E-state index < -0.39 is 0 Å². The smallest absolute Gasteiger partial charge is 0.00289 e. The lowest BCUT2D eigenvalue weighted by molar-refractivity contribution is 0.642. The van der Waals surface area contributed by atoms with Crippen molar-refractivity contribution in [3.8, 4) is 0 Å². The fraction of sp³-hybridized carbons (Fsp3) is 0.429. The van der Waals surface area contributed by atoms with Crippen LogP contribution in [0.25, 0.3) is 0 Å². The lowest BCUT2D eigenvalue weighted by atomic mass is 9.89. The van der Waals surface area contributed by atoms with E-state index >= 15 is 0 Å². The number of benzene rings is 1.